The van der Waals surface area contributed by atoms with Crippen LogP contribution in [0.3, 0.4) is 0 Å². The largest absolute Gasteiger partial charge is 0.334 e. The van der Waals surface area contributed by atoms with Crippen LogP contribution in [0.15, 0.2) is 42.7 Å². The molecular formula is C18H24N4O. The van der Waals surface area contributed by atoms with Gasteiger partial charge >= 0.3 is 0 Å². The molecule has 3 rings (SSSR count). The molecule has 0 saturated carbocycles. The smallest absolute Gasteiger partial charge is 0.244 e. The van der Waals surface area contributed by atoms with Gasteiger partial charge in [0.1, 0.15) is 5.82 Å². The van der Waals surface area contributed by atoms with E-state index in [1.807, 2.05) is 54.7 Å². The molecule has 23 heavy (non-hydrogen) atoms. The van der Waals surface area contributed by atoms with Crippen LogP contribution in [0.2, 0.25) is 0 Å². The molecule has 0 spiro atoms. The Bertz CT molecular complexity index is 652. The highest BCUT2D eigenvalue weighted by atomic mass is 16.2. The SMILES string of the molecule is CCn1ccnc1CN(C)C1CCCN(c2ccccc2)C1=O. The van der Waals surface area contributed by atoms with Gasteiger partial charge in [-0.3, -0.25) is 9.69 Å². The van der Waals surface area contributed by atoms with E-state index in [9.17, 15) is 4.79 Å². The predicted molar refractivity (Wildman–Crippen MR) is 91.2 cm³/mol. The average molecular weight is 312 g/mol. The van der Waals surface area contributed by atoms with Crippen molar-refractivity contribution >= 4 is 11.6 Å². The third kappa shape index (κ3) is 3.29. The molecule has 1 atom stereocenters. The van der Waals surface area contributed by atoms with E-state index in [1.54, 1.807) is 0 Å². The molecule has 0 radical (unpaired) electrons. The number of aromatic nitrogens is 2. The van der Waals surface area contributed by atoms with E-state index in [0.717, 1.165) is 37.4 Å². The van der Waals surface area contributed by atoms with Gasteiger partial charge in [-0.05, 0) is 38.9 Å². The lowest BCUT2D eigenvalue weighted by molar-refractivity contribution is -0.125. The van der Waals surface area contributed by atoms with Gasteiger partial charge in [0.25, 0.3) is 0 Å². The third-order valence-electron chi connectivity index (χ3n) is 4.54. The first-order valence-electron chi connectivity index (χ1n) is 8.27. The molecule has 1 fully saturated rings. The van der Waals surface area contributed by atoms with Gasteiger partial charge in [-0.15, -0.1) is 0 Å². The van der Waals surface area contributed by atoms with E-state index < -0.39 is 0 Å². The van der Waals surface area contributed by atoms with Gasteiger partial charge in [-0.2, -0.15) is 0 Å². The van der Waals surface area contributed by atoms with Crippen LogP contribution in [-0.4, -0.2) is 40.0 Å². The van der Waals surface area contributed by atoms with Crippen molar-refractivity contribution in [2.45, 2.75) is 38.9 Å². The minimum atomic E-state index is -0.0778. The summed E-state index contributed by atoms with van der Waals surface area (Å²) >= 11 is 0. The maximum Gasteiger partial charge on any atom is 0.244 e. The lowest BCUT2D eigenvalue weighted by Crippen LogP contribution is -2.51. The van der Waals surface area contributed by atoms with Gasteiger partial charge in [-0.25, -0.2) is 4.98 Å². The Hall–Kier alpha value is -2.14. The summed E-state index contributed by atoms with van der Waals surface area (Å²) in [6, 6.07) is 9.87. The molecular weight excluding hydrogens is 288 g/mol. The molecule has 0 bridgehead atoms. The number of nitrogens with zero attached hydrogens (tertiary/aromatic N) is 4. The zero-order valence-electron chi connectivity index (χ0n) is 13.9. The van der Waals surface area contributed by atoms with Crippen molar-refractivity contribution in [3.63, 3.8) is 0 Å². The molecule has 1 saturated heterocycles. The van der Waals surface area contributed by atoms with E-state index in [1.165, 1.54) is 0 Å². The van der Waals surface area contributed by atoms with Crippen LogP contribution in [0, 0.1) is 0 Å². The molecule has 1 unspecified atom stereocenters. The Balaban J connectivity index is 1.73. The summed E-state index contributed by atoms with van der Waals surface area (Å²) in [4.78, 5) is 21.4. The molecule has 5 heteroatoms. The predicted octanol–water partition coefficient (Wildman–Crippen LogP) is 2.53. The number of amides is 1. The fourth-order valence-electron chi connectivity index (χ4n) is 3.24. The zero-order valence-corrected chi connectivity index (χ0v) is 13.9. The number of carbonyl (C=O) groups excluding carboxylic acids is 1. The van der Waals surface area contributed by atoms with E-state index in [-0.39, 0.29) is 11.9 Å². The Morgan fingerprint density at radius 2 is 2.09 bits per heavy atom. The maximum atomic E-state index is 12.9. The topological polar surface area (TPSA) is 41.4 Å². The highest BCUT2D eigenvalue weighted by molar-refractivity contribution is 5.97. The quantitative estimate of drug-likeness (QED) is 0.852. The third-order valence-corrected chi connectivity index (χ3v) is 4.54. The van der Waals surface area contributed by atoms with Crippen LogP contribution >= 0.6 is 0 Å². The minimum absolute atomic E-state index is 0.0778. The first-order chi connectivity index (χ1) is 11.2. The molecule has 2 aromatic rings. The van der Waals surface area contributed by atoms with Crippen LogP contribution in [0.4, 0.5) is 5.69 Å². The number of likely N-dealkylation sites (N-methyl/N-ethyl adjacent to an activating group) is 1. The molecule has 1 amide bonds. The second kappa shape index (κ2) is 6.96. The van der Waals surface area contributed by atoms with Crippen molar-refractivity contribution in [3.05, 3.63) is 48.5 Å². The van der Waals surface area contributed by atoms with Crippen molar-refractivity contribution in [2.24, 2.45) is 0 Å². The second-order valence-corrected chi connectivity index (χ2v) is 6.03. The molecule has 0 aliphatic carbocycles. The molecule has 1 aliphatic rings. The van der Waals surface area contributed by atoms with Crippen molar-refractivity contribution in [2.75, 3.05) is 18.5 Å². The van der Waals surface area contributed by atoms with E-state index in [4.69, 9.17) is 0 Å². The molecule has 1 aromatic heterocycles. The van der Waals surface area contributed by atoms with Gasteiger partial charge in [0.15, 0.2) is 0 Å². The van der Waals surface area contributed by atoms with Crippen LogP contribution in [-0.2, 0) is 17.9 Å². The maximum absolute atomic E-state index is 12.9. The molecule has 122 valence electrons. The second-order valence-electron chi connectivity index (χ2n) is 6.03. The molecule has 1 aromatic carbocycles. The Kier molecular flexibility index (Phi) is 4.76. The standard InChI is InChI=1S/C18H24N4O/c1-3-21-13-11-19-17(21)14-20(2)16-10-7-12-22(18(16)23)15-8-5-4-6-9-15/h4-6,8-9,11,13,16H,3,7,10,12,14H2,1-2H3. The number of benzene rings is 1. The van der Waals surface area contributed by atoms with Crippen molar-refractivity contribution in [1.82, 2.24) is 14.5 Å². The number of para-hydroxylation sites is 1. The summed E-state index contributed by atoms with van der Waals surface area (Å²) in [5.74, 6) is 1.21. The van der Waals surface area contributed by atoms with Crippen LogP contribution in [0.5, 0.6) is 0 Å². The van der Waals surface area contributed by atoms with Crippen LogP contribution in [0.25, 0.3) is 0 Å². The van der Waals surface area contributed by atoms with Crippen LogP contribution < -0.4 is 4.90 Å². The molecule has 0 N–H and O–H groups in total. The number of rotatable bonds is 5. The summed E-state index contributed by atoms with van der Waals surface area (Å²) in [6.45, 7) is 4.50. The number of hydrogen-bond donors (Lipinski definition) is 0. The number of imidazole rings is 1. The average Bonchev–Trinajstić information content (AvgIpc) is 3.03. The first kappa shape index (κ1) is 15.7. The summed E-state index contributed by atoms with van der Waals surface area (Å²) in [7, 11) is 2.02. The normalized spacial score (nSPS) is 18.7. The fourth-order valence-corrected chi connectivity index (χ4v) is 3.24. The zero-order chi connectivity index (χ0) is 16.2. The highest BCUT2D eigenvalue weighted by Crippen LogP contribution is 2.23. The van der Waals surface area contributed by atoms with Gasteiger partial charge in [0.05, 0.1) is 12.6 Å². The highest BCUT2D eigenvalue weighted by Gasteiger charge is 2.32. The van der Waals surface area contributed by atoms with Crippen molar-refractivity contribution in [3.8, 4) is 0 Å². The van der Waals surface area contributed by atoms with Gasteiger partial charge < -0.3 is 9.47 Å². The fraction of sp³-hybridized carbons (Fsp3) is 0.444. The minimum Gasteiger partial charge on any atom is -0.334 e. The van der Waals surface area contributed by atoms with Gasteiger partial charge in [-0.1, -0.05) is 18.2 Å². The molecule has 1 aliphatic heterocycles. The van der Waals surface area contributed by atoms with Crippen molar-refractivity contribution in [1.29, 1.82) is 0 Å². The number of hydrogen-bond acceptors (Lipinski definition) is 3. The molecule has 2 heterocycles. The number of carbonyl (C=O) groups is 1. The Morgan fingerprint density at radius 3 is 2.83 bits per heavy atom. The number of aryl methyl sites for hydroxylation is 1. The first-order valence-corrected chi connectivity index (χ1v) is 8.27. The lowest BCUT2D eigenvalue weighted by Gasteiger charge is -2.36. The van der Waals surface area contributed by atoms with Gasteiger partial charge in [0.2, 0.25) is 5.91 Å². The summed E-state index contributed by atoms with van der Waals surface area (Å²) in [5.41, 5.74) is 0.991. The number of piperidine rings is 1. The summed E-state index contributed by atoms with van der Waals surface area (Å²) in [6.07, 6.45) is 5.75. The lowest BCUT2D eigenvalue weighted by atomic mass is 10.0. The van der Waals surface area contributed by atoms with E-state index in [0.29, 0.717) is 6.54 Å². The monoisotopic (exact) mass is 312 g/mol. The summed E-state index contributed by atoms with van der Waals surface area (Å²) in [5, 5.41) is 0. The van der Waals surface area contributed by atoms with E-state index in [2.05, 4.69) is 21.4 Å². The van der Waals surface area contributed by atoms with Crippen molar-refractivity contribution < 1.29 is 4.79 Å². The number of anilines is 1. The molecule has 5 nitrogen and oxygen atoms in total. The Labute approximate surface area is 137 Å². The van der Waals surface area contributed by atoms with Gasteiger partial charge in [0, 0.05) is 31.2 Å². The summed E-state index contributed by atoms with van der Waals surface area (Å²) < 4.78 is 2.12. The Morgan fingerprint density at radius 1 is 1.30 bits per heavy atom. The van der Waals surface area contributed by atoms with E-state index >= 15 is 0 Å². The van der Waals surface area contributed by atoms with Crippen LogP contribution in [0.1, 0.15) is 25.6 Å².